The first-order valence-electron chi connectivity index (χ1n) is 13.3. The van der Waals surface area contributed by atoms with E-state index in [9.17, 15) is 14.0 Å². The molecule has 0 unspecified atom stereocenters. The largest absolute Gasteiger partial charge is 0.333 e. The zero-order chi connectivity index (χ0) is 28.3. The smallest absolute Gasteiger partial charge is 0.274 e. The Labute approximate surface area is 228 Å². The van der Waals surface area contributed by atoms with E-state index in [1.165, 1.54) is 6.07 Å². The van der Waals surface area contributed by atoms with Gasteiger partial charge in [0.25, 0.3) is 11.8 Å². The standard InChI is InChI=1S/C30H35FN6O2/c1-18-14-20(9-10-22(18)31)24-15-21(29(3,4)5)26-33-25(16-37(26)34-24)28(39)36-13-12-35(17-30(36,6)7)27(38)23-11-8-19(2)32-23/h9-11,14-16H,8,12-13,17H2,1-7H3. The Balaban J connectivity index is 1.46. The molecule has 3 aromatic rings. The summed E-state index contributed by atoms with van der Waals surface area (Å²) in [6.45, 7) is 15.0. The fraction of sp³-hybridized carbons (Fsp3) is 0.433. The summed E-state index contributed by atoms with van der Waals surface area (Å²) in [7, 11) is 0. The number of carbonyl (C=O) groups excluding carboxylic acids is 2. The van der Waals surface area contributed by atoms with E-state index in [1.807, 2.05) is 32.9 Å². The van der Waals surface area contributed by atoms with Gasteiger partial charge in [-0.2, -0.15) is 5.10 Å². The molecule has 1 saturated heterocycles. The van der Waals surface area contributed by atoms with Crippen molar-refractivity contribution in [1.82, 2.24) is 24.4 Å². The van der Waals surface area contributed by atoms with Crippen LogP contribution in [-0.4, -0.2) is 67.1 Å². The van der Waals surface area contributed by atoms with Crippen molar-refractivity contribution in [3.05, 3.63) is 64.9 Å². The molecule has 0 spiro atoms. The number of carbonyl (C=O) groups is 2. The Morgan fingerprint density at radius 1 is 1.05 bits per heavy atom. The van der Waals surface area contributed by atoms with Crippen LogP contribution >= 0.6 is 0 Å². The maximum Gasteiger partial charge on any atom is 0.274 e. The van der Waals surface area contributed by atoms with Crippen LogP contribution in [0.25, 0.3) is 16.9 Å². The maximum absolute atomic E-state index is 13.9. The van der Waals surface area contributed by atoms with Crippen LogP contribution in [0.1, 0.15) is 69.6 Å². The number of nitrogens with zero attached hydrogens (tertiary/aromatic N) is 6. The molecule has 0 radical (unpaired) electrons. The lowest BCUT2D eigenvalue weighted by molar-refractivity contribution is -0.131. The summed E-state index contributed by atoms with van der Waals surface area (Å²) in [5.74, 6) is -0.563. The number of amides is 2. The van der Waals surface area contributed by atoms with Gasteiger partial charge in [-0.15, -0.1) is 0 Å². The van der Waals surface area contributed by atoms with Crippen molar-refractivity contribution in [3.63, 3.8) is 0 Å². The fourth-order valence-corrected chi connectivity index (χ4v) is 5.26. The summed E-state index contributed by atoms with van der Waals surface area (Å²) >= 11 is 0. The Morgan fingerprint density at radius 2 is 1.79 bits per heavy atom. The van der Waals surface area contributed by atoms with Gasteiger partial charge in [-0.1, -0.05) is 20.8 Å². The highest BCUT2D eigenvalue weighted by atomic mass is 19.1. The number of rotatable bonds is 3. The van der Waals surface area contributed by atoms with Gasteiger partial charge in [0.05, 0.1) is 17.4 Å². The van der Waals surface area contributed by atoms with Crippen LogP contribution in [0.2, 0.25) is 0 Å². The summed E-state index contributed by atoms with van der Waals surface area (Å²) in [4.78, 5) is 39.5. The van der Waals surface area contributed by atoms with Gasteiger partial charge in [0.1, 0.15) is 17.2 Å². The van der Waals surface area contributed by atoms with Crippen molar-refractivity contribution in [2.24, 2.45) is 4.99 Å². The lowest BCUT2D eigenvalue weighted by Gasteiger charge is -2.46. The van der Waals surface area contributed by atoms with Gasteiger partial charge in [-0.25, -0.2) is 13.9 Å². The van der Waals surface area contributed by atoms with E-state index < -0.39 is 5.54 Å². The zero-order valence-corrected chi connectivity index (χ0v) is 23.7. The molecule has 2 amide bonds. The zero-order valence-electron chi connectivity index (χ0n) is 23.7. The summed E-state index contributed by atoms with van der Waals surface area (Å²) in [6, 6.07) is 6.90. The first-order valence-corrected chi connectivity index (χ1v) is 13.3. The number of aliphatic imine (C=N–C) groups is 1. The highest BCUT2D eigenvalue weighted by Gasteiger charge is 2.40. The third-order valence-corrected chi connectivity index (χ3v) is 7.46. The highest BCUT2D eigenvalue weighted by molar-refractivity contribution is 6.01. The van der Waals surface area contributed by atoms with Crippen LogP contribution in [0.5, 0.6) is 0 Å². The number of benzene rings is 1. The molecule has 39 heavy (non-hydrogen) atoms. The summed E-state index contributed by atoms with van der Waals surface area (Å²) in [5, 5.41) is 4.75. The molecular formula is C30H35FN6O2. The van der Waals surface area contributed by atoms with Crippen LogP contribution in [0.15, 0.2) is 47.2 Å². The Morgan fingerprint density at radius 3 is 2.41 bits per heavy atom. The van der Waals surface area contributed by atoms with E-state index >= 15 is 0 Å². The number of imidazole rings is 1. The SMILES string of the molecule is CC1=NC(C(=O)N2CCN(C(=O)c3cn4nc(-c5ccc(F)c(C)c5)cc(C(C)(C)C)c4n3)C(C)(C)C2)=CC1. The number of aryl methyl sites for hydroxylation is 1. The summed E-state index contributed by atoms with van der Waals surface area (Å²) in [6.07, 6.45) is 4.23. The van der Waals surface area contributed by atoms with E-state index in [-0.39, 0.29) is 23.0 Å². The Kier molecular flexibility index (Phi) is 6.44. The molecule has 0 saturated carbocycles. The van der Waals surface area contributed by atoms with Crippen LogP contribution < -0.4 is 0 Å². The van der Waals surface area contributed by atoms with Crippen LogP contribution in [0, 0.1) is 12.7 Å². The quantitative estimate of drug-likeness (QED) is 0.480. The normalized spacial score (nSPS) is 17.4. The van der Waals surface area contributed by atoms with Crippen molar-refractivity contribution < 1.29 is 14.0 Å². The number of fused-ring (bicyclic) bond motifs is 1. The van der Waals surface area contributed by atoms with E-state index in [4.69, 9.17) is 10.1 Å². The lowest BCUT2D eigenvalue weighted by atomic mass is 9.87. The molecule has 2 aliphatic heterocycles. The van der Waals surface area contributed by atoms with Crippen molar-refractivity contribution in [2.45, 2.75) is 65.8 Å². The third kappa shape index (κ3) is 4.97. The molecule has 1 aromatic carbocycles. The van der Waals surface area contributed by atoms with Gasteiger partial charge in [0.15, 0.2) is 5.65 Å². The maximum atomic E-state index is 13.9. The number of hydrogen-bond donors (Lipinski definition) is 0. The summed E-state index contributed by atoms with van der Waals surface area (Å²) < 4.78 is 15.6. The van der Waals surface area contributed by atoms with Crippen LogP contribution in [0.4, 0.5) is 4.39 Å². The molecule has 9 heteroatoms. The van der Waals surface area contributed by atoms with Gasteiger partial charge >= 0.3 is 0 Å². The van der Waals surface area contributed by atoms with Gasteiger partial charge in [-0.3, -0.25) is 14.6 Å². The van der Waals surface area contributed by atoms with Gasteiger partial charge in [-0.05, 0) is 69.0 Å². The number of halogens is 1. The second-order valence-corrected chi connectivity index (χ2v) is 12.2. The number of piperazine rings is 1. The van der Waals surface area contributed by atoms with Gasteiger partial charge in [0.2, 0.25) is 0 Å². The first-order chi connectivity index (χ1) is 18.2. The van der Waals surface area contributed by atoms with Crippen LogP contribution in [-0.2, 0) is 10.2 Å². The molecule has 2 aromatic heterocycles. The molecule has 5 rings (SSSR count). The lowest BCUT2D eigenvalue weighted by Crippen LogP contribution is -2.62. The first kappa shape index (κ1) is 26.7. The average Bonchev–Trinajstić information content (AvgIpc) is 3.49. The Bertz CT molecular complexity index is 1560. The van der Waals surface area contributed by atoms with Gasteiger partial charge < -0.3 is 9.80 Å². The molecule has 1 fully saturated rings. The van der Waals surface area contributed by atoms with E-state index in [1.54, 1.807) is 39.6 Å². The molecule has 4 heterocycles. The Hall–Kier alpha value is -3.88. The van der Waals surface area contributed by atoms with Crippen molar-refractivity contribution in [3.8, 4) is 11.3 Å². The minimum absolute atomic E-state index is 0.0951. The van der Waals surface area contributed by atoms with E-state index in [0.717, 1.165) is 16.8 Å². The number of hydrogen-bond acceptors (Lipinski definition) is 5. The predicted octanol–water partition coefficient (Wildman–Crippen LogP) is 4.95. The van der Waals surface area contributed by atoms with Gasteiger partial charge in [0, 0.05) is 42.9 Å². The number of aromatic nitrogens is 3. The average molecular weight is 531 g/mol. The van der Waals surface area contributed by atoms with Crippen molar-refractivity contribution >= 4 is 23.2 Å². The van der Waals surface area contributed by atoms with Crippen LogP contribution in [0.3, 0.4) is 0 Å². The molecule has 0 N–H and O–H groups in total. The second kappa shape index (κ2) is 9.39. The number of allylic oxidation sites excluding steroid dienone is 1. The predicted molar refractivity (Wildman–Crippen MR) is 149 cm³/mol. The topological polar surface area (TPSA) is 83.2 Å². The molecule has 204 valence electrons. The second-order valence-electron chi connectivity index (χ2n) is 12.2. The monoisotopic (exact) mass is 530 g/mol. The minimum atomic E-state index is -0.601. The summed E-state index contributed by atoms with van der Waals surface area (Å²) in [5.41, 5.74) is 4.39. The fourth-order valence-electron chi connectivity index (χ4n) is 5.26. The molecule has 8 nitrogen and oxygen atoms in total. The molecule has 0 bridgehead atoms. The van der Waals surface area contributed by atoms with Crippen molar-refractivity contribution in [2.75, 3.05) is 19.6 Å². The minimum Gasteiger partial charge on any atom is -0.333 e. The molecule has 0 atom stereocenters. The highest BCUT2D eigenvalue weighted by Crippen LogP contribution is 2.31. The van der Waals surface area contributed by atoms with E-state index in [0.29, 0.717) is 54.4 Å². The molecule has 0 aliphatic carbocycles. The van der Waals surface area contributed by atoms with E-state index in [2.05, 4.69) is 25.8 Å². The van der Waals surface area contributed by atoms with Crippen molar-refractivity contribution in [1.29, 1.82) is 0 Å². The third-order valence-electron chi connectivity index (χ3n) is 7.46. The molecular weight excluding hydrogens is 495 g/mol. The molecule has 2 aliphatic rings.